The summed E-state index contributed by atoms with van der Waals surface area (Å²) in [5.41, 5.74) is 5.37. The maximum atomic E-state index is 12.2. The van der Waals surface area contributed by atoms with Crippen molar-refractivity contribution >= 4 is 28.9 Å². The Morgan fingerprint density at radius 2 is 2.00 bits per heavy atom. The molecule has 0 aliphatic heterocycles. The minimum Gasteiger partial charge on any atom is -0.495 e. The lowest BCUT2D eigenvalue weighted by Gasteiger charge is -2.10. The van der Waals surface area contributed by atoms with Crippen LogP contribution >= 0.6 is 11.6 Å². The Kier molecular flexibility index (Phi) is 4.67. The first-order valence-electron chi connectivity index (χ1n) is 6.27. The van der Waals surface area contributed by atoms with Crippen LogP contribution in [0.2, 0.25) is 5.02 Å². The Bertz CT molecular complexity index is 674. The lowest BCUT2D eigenvalue weighted by molar-refractivity contribution is 0.102. The van der Waals surface area contributed by atoms with Crippen LogP contribution in [0.1, 0.15) is 15.9 Å². The SMILES string of the molecule is COc1ccc(NC(=O)c2ccc(NN)c(C)c2)cc1Cl. The van der Waals surface area contributed by atoms with E-state index in [9.17, 15) is 4.79 Å². The third kappa shape index (κ3) is 3.45. The average Bonchev–Trinajstić information content (AvgIpc) is 2.47. The number of nitrogen functional groups attached to an aromatic ring is 1. The van der Waals surface area contributed by atoms with Crippen molar-refractivity contribution in [3.63, 3.8) is 0 Å². The summed E-state index contributed by atoms with van der Waals surface area (Å²) in [7, 11) is 1.54. The summed E-state index contributed by atoms with van der Waals surface area (Å²) in [4.78, 5) is 12.2. The fourth-order valence-corrected chi connectivity index (χ4v) is 2.17. The molecule has 6 heteroatoms. The molecule has 4 N–H and O–H groups in total. The van der Waals surface area contributed by atoms with Crippen molar-refractivity contribution < 1.29 is 9.53 Å². The molecule has 0 spiro atoms. The third-order valence-corrected chi connectivity index (χ3v) is 3.35. The van der Waals surface area contributed by atoms with E-state index in [0.717, 1.165) is 11.3 Å². The van der Waals surface area contributed by atoms with Gasteiger partial charge in [0.2, 0.25) is 0 Å². The number of hydrogen-bond donors (Lipinski definition) is 3. The van der Waals surface area contributed by atoms with Crippen LogP contribution in [0.4, 0.5) is 11.4 Å². The molecule has 0 fully saturated rings. The Labute approximate surface area is 128 Å². The number of amides is 1. The number of anilines is 2. The van der Waals surface area contributed by atoms with Gasteiger partial charge in [-0.15, -0.1) is 0 Å². The third-order valence-electron chi connectivity index (χ3n) is 3.05. The number of aryl methyl sites for hydroxylation is 1. The monoisotopic (exact) mass is 305 g/mol. The molecule has 0 unspecified atom stereocenters. The zero-order chi connectivity index (χ0) is 15.4. The largest absolute Gasteiger partial charge is 0.495 e. The zero-order valence-corrected chi connectivity index (χ0v) is 12.5. The normalized spacial score (nSPS) is 10.1. The number of nitrogens with one attached hydrogen (secondary N) is 2. The van der Waals surface area contributed by atoms with Gasteiger partial charge in [-0.25, -0.2) is 0 Å². The van der Waals surface area contributed by atoms with E-state index in [1.807, 2.05) is 6.92 Å². The molecule has 110 valence electrons. The van der Waals surface area contributed by atoms with Crippen molar-refractivity contribution in [1.29, 1.82) is 0 Å². The van der Waals surface area contributed by atoms with Gasteiger partial charge in [0, 0.05) is 11.3 Å². The van der Waals surface area contributed by atoms with Gasteiger partial charge in [-0.2, -0.15) is 0 Å². The van der Waals surface area contributed by atoms with Crippen molar-refractivity contribution in [2.45, 2.75) is 6.92 Å². The minimum absolute atomic E-state index is 0.220. The molecule has 0 aromatic heterocycles. The Morgan fingerprint density at radius 3 is 2.57 bits per heavy atom. The summed E-state index contributed by atoms with van der Waals surface area (Å²) in [5.74, 6) is 5.71. The Balaban J connectivity index is 2.18. The predicted octanol–water partition coefficient (Wildman–Crippen LogP) is 3.19. The maximum absolute atomic E-state index is 12.2. The molecule has 0 aliphatic carbocycles. The first kappa shape index (κ1) is 15.2. The van der Waals surface area contributed by atoms with Crippen LogP contribution in [0.3, 0.4) is 0 Å². The van der Waals surface area contributed by atoms with Gasteiger partial charge in [0.05, 0.1) is 17.8 Å². The topological polar surface area (TPSA) is 76.4 Å². The van der Waals surface area contributed by atoms with E-state index in [-0.39, 0.29) is 5.91 Å². The molecule has 2 rings (SSSR count). The Morgan fingerprint density at radius 1 is 1.24 bits per heavy atom. The van der Waals surface area contributed by atoms with E-state index in [4.69, 9.17) is 22.2 Å². The maximum Gasteiger partial charge on any atom is 0.255 e. The molecule has 2 aromatic carbocycles. The van der Waals surface area contributed by atoms with Crippen molar-refractivity contribution in [2.24, 2.45) is 5.84 Å². The molecule has 0 radical (unpaired) electrons. The summed E-state index contributed by atoms with van der Waals surface area (Å²) in [6, 6.07) is 10.3. The van der Waals surface area contributed by atoms with Crippen LogP contribution in [0, 0.1) is 6.92 Å². The van der Waals surface area contributed by atoms with Gasteiger partial charge < -0.3 is 15.5 Å². The number of hydrogen-bond acceptors (Lipinski definition) is 4. The van der Waals surface area contributed by atoms with E-state index in [0.29, 0.717) is 22.0 Å². The second kappa shape index (κ2) is 6.47. The summed E-state index contributed by atoms with van der Waals surface area (Å²) >= 11 is 6.03. The van der Waals surface area contributed by atoms with Gasteiger partial charge in [-0.05, 0) is 48.9 Å². The molecule has 2 aromatic rings. The fraction of sp³-hybridized carbons (Fsp3) is 0.133. The highest BCUT2D eigenvalue weighted by molar-refractivity contribution is 6.32. The zero-order valence-electron chi connectivity index (χ0n) is 11.7. The van der Waals surface area contributed by atoms with E-state index < -0.39 is 0 Å². The summed E-state index contributed by atoms with van der Waals surface area (Å²) in [6.07, 6.45) is 0. The van der Waals surface area contributed by atoms with Crippen molar-refractivity contribution in [3.05, 3.63) is 52.5 Å². The molecule has 0 heterocycles. The highest BCUT2D eigenvalue weighted by Crippen LogP contribution is 2.27. The quantitative estimate of drug-likeness (QED) is 0.599. The molecule has 0 bridgehead atoms. The van der Waals surface area contributed by atoms with Gasteiger partial charge in [0.1, 0.15) is 5.75 Å². The van der Waals surface area contributed by atoms with Crippen molar-refractivity contribution in [1.82, 2.24) is 0 Å². The van der Waals surface area contributed by atoms with Crippen LogP contribution in [-0.4, -0.2) is 13.0 Å². The lowest BCUT2D eigenvalue weighted by atomic mass is 10.1. The summed E-state index contributed by atoms with van der Waals surface area (Å²) < 4.78 is 5.07. The van der Waals surface area contributed by atoms with Crippen LogP contribution in [-0.2, 0) is 0 Å². The van der Waals surface area contributed by atoms with Gasteiger partial charge >= 0.3 is 0 Å². The molecule has 21 heavy (non-hydrogen) atoms. The van der Waals surface area contributed by atoms with E-state index in [2.05, 4.69) is 10.7 Å². The molecule has 5 nitrogen and oxygen atoms in total. The van der Waals surface area contributed by atoms with Crippen LogP contribution in [0.5, 0.6) is 5.75 Å². The number of carbonyl (C=O) groups excluding carboxylic acids is 1. The molecule has 0 saturated heterocycles. The first-order chi connectivity index (χ1) is 10.0. The standard InChI is InChI=1S/C15H16ClN3O2/c1-9-7-10(3-5-13(9)19-17)15(20)18-11-4-6-14(21-2)12(16)8-11/h3-8,19H,17H2,1-2H3,(H,18,20). The molecule has 1 amide bonds. The number of halogens is 1. The number of hydrazine groups is 1. The molecular weight excluding hydrogens is 290 g/mol. The van der Waals surface area contributed by atoms with E-state index in [1.165, 1.54) is 7.11 Å². The molecular formula is C15H16ClN3O2. The average molecular weight is 306 g/mol. The van der Waals surface area contributed by atoms with Crippen LogP contribution in [0.25, 0.3) is 0 Å². The van der Waals surface area contributed by atoms with E-state index >= 15 is 0 Å². The lowest BCUT2D eigenvalue weighted by Crippen LogP contribution is -2.13. The summed E-state index contributed by atoms with van der Waals surface area (Å²) in [5, 5.41) is 3.22. The highest BCUT2D eigenvalue weighted by atomic mass is 35.5. The number of methoxy groups -OCH3 is 1. The van der Waals surface area contributed by atoms with Gasteiger partial charge in [-0.3, -0.25) is 10.6 Å². The molecule has 0 atom stereocenters. The number of carbonyl (C=O) groups is 1. The fourth-order valence-electron chi connectivity index (χ4n) is 1.91. The van der Waals surface area contributed by atoms with Crippen molar-refractivity contribution in [3.8, 4) is 5.75 Å². The second-order valence-electron chi connectivity index (χ2n) is 4.48. The predicted molar refractivity (Wildman–Crippen MR) is 84.9 cm³/mol. The van der Waals surface area contributed by atoms with Crippen molar-refractivity contribution in [2.75, 3.05) is 17.9 Å². The van der Waals surface area contributed by atoms with Crippen LogP contribution in [0.15, 0.2) is 36.4 Å². The smallest absolute Gasteiger partial charge is 0.255 e. The highest BCUT2D eigenvalue weighted by Gasteiger charge is 2.09. The number of nitrogens with two attached hydrogens (primary N) is 1. The van der Waals surface area contributed by atoms with Gasteiger partial charge in [0.15, 0.2) is 0 Å². The van der Waals surface area contributed by atoms with E-state index in [1.54, 1.807) is 36.4 Å². The molecule has 0 aliphatic rings. The first-order valence-corrected chi connectivity index (χ1v) is 6.65. The van der Waals surface area contributed by atoms with Crippen LogP contribution < -0.4 is 21.3 Å². The number of ether oxygens (including phenoxy) is 1. The van der Waals surface area contributed by atoms with Gasteiger partial charge in [-0.1, -0.05) is 11.6 Å². The number of benzene rings is 2. The number of rotatable bonds is 4. The minimum atomic E-state index is -0.220. The van der Waals surface area contributed by atoms with Gasteiger partial charge in [0.25, 0.3) is 5.91 Å². The Hall–Kier alpha value is -2.24. The second-order valence-corrected chi connectivity index (χ2v) is 4.88. The summed E-state index contributed by atoms with van der Waals surface area (Å²) in [6.45, 7) is 1.87. The molecule has 0 saturated carbocycles.